The van der Waals surface area contributed by atoms with E-state index in [1.54, 1.807) is 135 Å². The van der Waals surface area contributed by atoms with Gasteiger partial charge in [-0.05, 0) is 47.2 Å². The molecular formula is C49H44N4O10. The average molecular weight is 849 g/mol. The zero-order valence-electron chi connectivity index (χ0n) is 34.5. The fourth-order valence-electron chi connectivity index (χ4n) is 7.91. The first-order valence-corrected chi connectivity index (χ1v) is 20.2. The molecule has 0 fully saturated rings. The lowest BCUT2D eigenvalue weighted by atomic mass is 9.84. The van der Waals surface area contributed by atoms with Gasteiger partial charge in [0.05, 0.1) is 30.6 Å². The highest BCUT2D eigenvalue weighted by molar-refractivity contribution is 6.16. The predicted molar refractivity (Wildman–Crippen MR) is 233 cm³/mol. The molecule has 0 amide bonds. The Morgan fingerprint density at radius 1 is 0.635 bits per heavy atom. The minimum absolute atomic E-state index is 0.0406. The maximum Gasteiger partial charge on any atom is 0.359 e. The number of aliphatic hydroxyl groups is 4. The van der Waals surface area contributed by atoms with E-state index in [1.165, 1.54) is 0 Å². The highest BCUT2D eigenvalue weighted by atomic mass is 16.4. The molecule has 3 atom stereocenters. The van der Waals surface area contributed by atoms with Gasteiger partial charge in [0, 0.05) is 30.4 Å². The monoisotopic (exact) mass is 848 g/mol. The molecule has 0 saturated carbocycles. The molecule has 2 heterocycles. The second-order valence-electron chi connectivity index (χ2n) is 15.5. The summed E-state index contributed by atoms with van der Waals surface area (Å²) in [5.41, 5.74) is -4.13. The van der Waals surface area contributed by atoms with Crippen LogP contribution < -0.4 is 11.2 Å². The van der Waals surface area contributed by atoms with Crippen molar-refractivity contribution < 1.29 is 39.6 Å². The number of hydrogen-bond donors (Lipinski definition) is 4. The Hall–Kier alpha value is -7.10. The molecule has 2 aliphatic heterocycles. The largest absolute Gasteiger partial charge is 0.394 e. The topological polar surface area (TPSA) is 219 Å². The number of hydrogen-bond acceptors (Lipinski definition) is 12. The van der Waals surface area contributed by atoms with Crippen LogP contribution in [0.4, 0.5) is 0 Å². The molecule has 5 aromatic rings. The fraction of sp³-hybridized carbons (Fsp3) is 0.224. The standard InChI is InChI=1S/C49H44N4O10/c1-29-30(2)41(36(56)24-32-17-9-4-10-18-32)44-42(40(29)35(55)23-31-15-7-3-8-16-31)50-43-46(51-48(62)53(47(43)61)39(59)26-34-21-13-6-14-22-34)52(44)28-49(63,45(60)37(57)27-54)38(58)25-33-19-11-5-12-20-33/h3-22,37,45,54,57,60,63H,23-28H2,1-2H3. The Labute approximate surface area is 360 Å². The number of aromatic nitrogens is 4. The van der Waals surface area contributed by atoms with Crippen molar-refractivity contribution in [2.45, 2.75) is 63.9 Å². The SMILES string of the molecule is Cc1c(C)c(C(=O)Cc2ccccc2)c2c(nc3c(=O)n(C(=O)Cc4ccccc4)c(=O)nc-3n2CC(O)(C(=O)Cc2ccccc2)C(O)C(O)CO)c1C(=O)Cc1ccccc1. The highest BCUT2D eigenvalue weighted by Gasteiger charge is 2.48. The third-order valence-electron chi connectivity index (χ3n) is 11.3. The summed E-state index contributed by atoms with van der Waals surface area (Å²) in [6.07, 6.45) is -5.74. The molecule has 0 radical (unpaired) electrons. The van der Waals surface area contributed by atoms with Gasteiger partial charge >= 0.3 is 5.69 Å². The summed E-state index contributed by atoms with van der Waals surface area (Å²) in [7, 11) is 0. The lowest BCUT2D eigenvalue weighted by molar-refractivity contribution is -0.167. The van der Waals surface area contributed by atoms with Crippen molar-refractivity contribution in [3.05, 3.63) is 187 Å². The number of fused-ring (bicyclic) bond motifs is 2. The first-order valence-electron chi connectivity index (χ1n) is 20.2. The van der Waals surface area contributed by atoms with Crippen molar-refractivity contribution in [2.75, 3.05) is 6.61 Å². The van der Waals surface area contributed by atoms with E-state index in [9.17, 15) is 49.2 Å². The summed E-state index contributed by atoms with van der Waals surface area (Å²) >= 11 is 0. The van der Waals surface area contributed by atoms with Crippen LogP contribution >= 0.6 is 0 Å². The summed E-state index contributed by atoms with van der Waals surface area (Å²) in [5, 5.41) is 45.0. The third kappa shape index (κ3) is 8.83. The van der Waals surface area contributed by atoms with Crippen LogP contribution in [0.3, 0.4) is 0 Å². The molecule has 14 heteroatoms. The van der Waals surface area contributed by atoms with Gasteiger partial charge in [-0.3, -0.25) is 24.0 Å². The molecule has 7 rings (SSSR count). The van der Waals surface area contributed by atoms with Crippen LogP contribution in [0, 0.1) is 13.8 Å². The molecule has 0 saturated heterocycles. The fourth-order valence-corrected chi connectivity index (χ4v) is 7.91. The first-order chi connectivity index (χ1) is 30.2. The van der Waals surface area contributed by atoms with E-state index in [-0.39, 0.29) is 41.4 Å². The Bertz CT molecular complexity index is 2940. The lowest BCUT2D eigenvalue weighted by Gasteiger charge is -2.36. The van der Waals surface area contributed by atoms with Gasteiger partial charge in [0.1, 0.15) is 12.2 Å². The van der Waals surface area contributed by atoms with Gasteiger partial charge in [-0.25, -0.2) is 9.78 Å². The van der Waals surface area contributed by atoms with Crippen molar-refractivity contribution >= 4 is 34.3 Å². The number of nitrogens with zero attached hydrogens (tertiary/aromatic N) is 4. The van der Waals surface area contributed by atoms with Gasteiger partial charge in [0.15, 0.2) is 34.5 Å². The lowest BCUT2D eigenvalue weighted by Crippen LogP contribution is -2.59. The normalized spacial score (nSPS) is 13.4. The maximum atomic E-state index is 14.8. The van der Waals surface area contributed by atoms with Crippen LogP contribution in [0.15, 0.2) is 131 Å². The first kappa shape index (κ1) is 44.0. The summed E-state index contributed by atoms with van der Waals surface area (Å²) < 4.78 is 1.32. The number of benzene rings is 5. The van der Waals surface area contributed by atoms with Crippen LogP contribution in [0.25, 0.3) is 22.6 Å². The van der Waals surface area contributed by atoms with E-state index in [4.69, 9.17) is 0 Å². The quantitative estimate of drug-likeness (QED) is 0.0809. The van der Waals surface area contributed by atoms with Crippen molar-refractivity contribution in [3.63, 3.8) is 0 Å². The number of Topliss-reactive ketones (excluding diaryl/α,β-unsaturated/α-hetero) is 3. The van der Waals surface area contributed by atoms with E-state index in [0.717, 1.165) is 4.57 Å². The van der Waals surface area contributed by atoms with Crippen LogP contribution in [0.2, 0.25) is 0 Å². The zero-order valence-corrected chi connectivity index (χ0v) is 34.5. The summed E-state index contributed by atoms with van der Waals surface area (Å²) in [6, 6.07) is 34.0. The van der Waals surface area contributed by atoms with Gasteiger partial charge in [-0.15, -0.1) is 0 Å². The van der Waals surface area contributed by atoms with Gasteiger partial charge < -0.3 is 25.0 Å². The molecule has 2 aliphatic rings. The Kier molecular flexibility index (Phi) is 12.9. The molecule has 3 unspecified atom stereocenters. The highest BCUT2D eigenvalue weighted by Crippen LogP contribution is 2.36. The van der Waals surface area contributed by atoms with Gasteiger partial charge in [-0.1, -0.05) is 121 Å². The second kappa shape index (κ2) is 18.5. The van der Waals surface area contributed by atoms with Crippen molar-refractivity contribution in [1.82, 2.24) is 19.1 Å². The summed E-state index contributed by atoms with van der Waals surface area (Å²) in [5.74, 6) is -3.63. The molecule has 14 nitrogen and oxygen atoms in total. The third-order valence-corrected chi connectivity index (χ3v) is 11.3. The minimum Gasteiger partial charge on any atom is -0.394 e. The van der Waals surface area contributed by atoms with E-state index in [2.05, 4.69) is 9.97 Å². The van der Waals surface area contributed by atoms with Crippen LogP contribution in [-0.4, -0.2) is 87.2 Å². The summed E-state index contributed by atoms with van der Waals surface area (Å²) in [6.45, 7) is 1.02. The number of aliphatic hydroxyl groups excluding tert-OH is 3. The Morgan fingerprint density at radius 3 is 1.57 bits per heavy atom. The number of carbonyl (C=O) groups excluding carboxylic acids is 4. The molecule has 63 heavy (non-hydrogen) atoms. The maximum absolute atomic E-state index is 14.8. The molecule has 4 N–H and O–H groups in total. The van der Waals surface area contributed by atoms with E-state index in [0.29, 0.717) is 37.9 Å². The Balaban J connectivity index is 1.59. The smallest absolute Gasteiger partial charge is 0.359 e. The number of ketones is 3. The van der Waals surface area contributed by atoms with Crippen molar-refractivity contribution in [1.29, 1.82) is 0 Å². The number of rotatable bonds is 16. The van der Waals surface area contributed by atoms with E-state index >= 15 is 0 Å². The molecule has 0 bridgehead atoms. The van der Waals surface area contributed by atoms with Gasteiger partial charge in [0.25, 0.3) is 5.56 Å². The summed E-state index contributed by atoms with van der Waals surface area (Å²) in [4.78, 5) is 95.0. The van der Waals surface area contributed by atoms with Crippen LogP contribution in [0.5, 0.6) is 0 Å². The van der Waals surface area contributed by atoms with Crippen molar-refractivity contribution in [3.8, 4) is 11.5 Å². The molecule has 320 valence electrons. The van der Waals surface area contributed by atoms with Gasteiger partial charge in [0.2, 0.25) is 5.91 Å². The van der Waals surface area contributed by atoms with E-state index < -0.39 is 83.4 Å². The van der Waals surface area contributed by atoms with Crippen molar-refractivity contribution in [2.24, 2.45) is 0 Å². The zero-order chi connectivity index (χ0) is 45.0. The molecule has 0 aliphatic carbocycles. The Morgan fingerprint density at radius 2 is 1.08 bits per heavy atom. The molecule has 5 aromatic carbocycles. The predicted octanol–water partition coefficient (Wildman–Crippen LogP) is 3.67. The average Bonchev–Trinajstić information content (AvgIpc) is 3.28. The van der Waals surface area contributed by atoms with E-state index in [1.807, 2.05) is 0 Å². The van der Waals surface area contributed by atoms with Gasteiger partial charge in [-0.2, -0.15) is 9.55 Å². The molecular weight excluding hydrogens is 805 g/mol. The minimum atomic E-state index is -3.04. The number of carbonyl (C=O) groups is 4. The van der Waals surface area contributed by atoms with Crippen LogP contribution in [0.1, 0.15) is 58.9 Å². The molecule has 0 aromatic heterocycles. The van der Waals surface area contributed by atoms with Crippen LogP contribution in [-0.2, 0) is 37.0 Å². The molecule has 0 spiro atoms. The second-order valence-corrected chi connectivity index (χ2v) is 15.5.